The van der Waals surface area contributed by atoms with Crippen LogP contribution in [-0.4, -0.2) is 6.18 Å². The highest BCUT2D eigenvalue weighted by Crippen LogP contribution is 2.32. The maximum atomic E-state index is 12.3. The van der Waals surface area contributed by atoms with Crippen molar-refractivity contribution in [2.75, 3.05) is 0 Å². The zero-order chi connectivity index (χ0) is 9.90. The van der Waals surface area contributed by atoms with Gasteiger partial charge in [0.15, 0.2) is 0 Å². The van der Waals surface area contributed by atoms with Crippen molar-refractivity contribution >= 4 is 5.57 Å². The molecule has 3 heteroatoms. The lowest BCUT2D eigenvalue weighted by molar-refractivity contribution is -0.0687. The molecule has 0 aliphatic carbocycles. The minimum atomic E-state index is -4.39. The average molecular weight is 184 g/mol. The molecular formula is C10H7F3. The van der Waals surface area contributed by atoms with Crippen molar-refractivity contribution in [3.05, 3.63) is 48.2 Å². The molecule has 0 aromatic heterocycles. The summed E-state index contributed by atoms with van der Waals surface area (Å²) in [6.45, 7) is 3.02. The topological polar surface area (TPSA) is 0 Å². The smallest absolute Gasteiger partial charge is 0.165 e. The zero-order valence-electron chi connectivity index (χ0n) is 6.73. The van der Waals surface area contributed by atoms with Crippen molar-refractivity contribution in [2.24, 2.45) is 0 Å². The van der Waals surface area contributed by atoms with Crippen LogP contribution in [-0.2, 0) is 0 Å². The maximum absolute atomic E-state index is 12.3. The van der Waals surface area contributed by atoms with Gasteiger partial charge in [-0.3, -0.25) is 0 Å². The molecule has 0 bridgehead atoms. The second kappa shape index (κ2) is 3.50. The molecule has 0 saturated heterocycles. The molecule has 0 radical (unpaired) electrons. The molecule has 0 nitrogen and oxygen atoms in total. The fourth-order valence-corrected chi connectivity index (χ4v) is 0.971. The van der Waals surface area contributed by atoms with Crippen LogP contribution in [0.15, 0.2) is 42.6 Å². The summed E-state index contributed by atoms with van der Waals surface area (Å²) in [7, 11) is 0. The van der Waals surface area contributed by atoms with E-state index in [-0.39, 0.29) is 5.56 Å². The van der Waals surface area contributed by atoms with E-state index >= 15 is 0 Å². The van der Waals surface area contributed by atoms with Crippen molar-refractivity contribution in [2.45, 2.75) is 6.18 Å². The number of hydrogen-bond donors (Lipinski definition) is 0. The van der Waals surface area contributed by atoms with E-state index in [9.17, 15) is 13.2 Å². The van der Waals surface area contributed by atoms with Crippen LogP contribution in [0, 0.1) is 0 Å². The zero-order valence-corrected chi connectivity index (χ0v) is 6.73. The van der Waals surface area contributed by atoms with E-state index < -0.39 is 11.7 Å². The minimum absolute atomic E-state index is 0.0880. The van der Waals surface area contributed by atoms with Gasteiger partial charge in [0.05, 0.1) is 0 Å². The molecule has 1 rings (SSSR count). The van der Waals surface area contributed by atoms with E-state index in [1.165, 1.54) is 12.1 Å². The number of hydrogen-bond acceptors (Lipinski definition) is 0. The van der Waals surface area contributed by atoms with Gasteiger partial charge in [-0.05, 0) is 5.56 Å². The Morgan fingerprint density at radius 3 is 2.08 bits per heavy atom. The normalized spacial score (nSPS) is 10.7. The monoisotopic (exact) mass is 184 g/mol. The van der Waals surface area contributed by atoms with Gasteiger partial charge in [0.25, 0.3) is 0 Å². The molecule has 1 aromatic rings. The summed E-state index contributed by atoms with van der Waals surface area (Å²) in [4.78, 5) is 0. The van der Waals surface area contributed by atoms with E-state index in [1.807, 2.05) is 5.73 Å². The molecule has 1 aromatic carbocycles. The SMILES string of the molecule is C=C=C(c1ccccc1)C(F)(F)F. The van der Waals surface area contributed by atoms with Gasteiger partial charge in [0.1, 0.15) is 5.57 Å². The Morgan fingerprint density at radius 2 is 1.69 bits per heavy atom. The van der Waals surface area contributed by atoms with Gasteiger partial charge in [-0.1, -0.05) is 36.9 Å². The second-order valence-electron chi connectivity index (χ2n) is 2.42. The van der Waals surface area contributed by atoms with Crippen LogP contribution in [0.1, 0.15) is 5.56 Å². The van der Waals surface area contributed by atoms with Crippen molar-refractivity contribution in [1.29, 1.82) is 0 Å². The van der Waals surface area contributed by atoms with Crippen molar-refractivity contribution in [3.8, 4) is 0 Å². The molecule has 0 fully saturated rings. The third kappa shape index (κ3) is 2.23. The van der Waals surface area contributed by atoms with E-state index in [4.69, 9.17) is 0 Å². The molecule has 0 atom stereocenters. The maximum Gasteiger partial charge on any atom is 0.424 e. The first-order valence-electron chi connectivity index (χ1n) is 3.58. The number of rotatable bonds is 1. The largest absolute Gasteiger partial charge is 0.424 e. The number of halogens is 3. The summed E-state index contributed by atoms with van der Waals surface area (Å²) in [5.74, 6) is 0. The van der Waals surface area contributed by atoms with E-state index in [2.05, 4.69) is 6.58 Å². The molecule has 68 valence electrons. The number of benzene rings is 1. The summed E-state index contributed by atoms with van der Waals surface area (Å²) in [5, 5.41) is 0. The molecule has 0 aliphatic rings. The Hall–Kier alpha value is -1.47. The summed E-state index contributed by atoms with van der Waals surface area (Å²) in [5.41, 5.74) is 1.16. The lowest BCUT2D eigenvalue weighted by atomic mass is 10.1. The van der Waals surface area contributed by atoms with Gasteiger partial charge < -0.3 is 0 Å². The lowest BCUT2D eigenvalue weighted by Crippen LogP contribution is -2.09. The molecule has 0 saturated carbocycles. The Morgan fingerprint density at radius 1 is 1.15 bits per heavy atom. The first-order chi connectivity index (χ1) is 6.05. The Labute approximate surface area is 74.0 Å². The molecule has 0 amide bonds. The highest BCUT2D eigenvalue weighted by molar-refractivity contribution is 5.68. The Kier molecular flexibility index (Phi) is 2.59. The number of alkyl halides is 3. The average Bonchev–Trinajstić information content (AvgIpc) is 2.05. The first-order valence-corrected chi connectivity index (χ1v) is 3.58. The minimum Gasteiger partial charge on any atom is -0.165 e. The lowest BCUT2D eigenvalue weighted by Gasteiger charge is -2.08. The molecular weight excluding hydrogens is 177 g/mol. The van der Waals surface area contributed by atoms with Crippen LogP contribution in [0.3, 0.4) is 0 Å². The van der Waals surface area contributed by atoms with Crippen LogP contribution < -0.4 is 0 Å². The standard InChI is InChI=1S/C10H7F3/c1-2-9(10(11,12)13)8-6-4-3-5-7-8/h3-7H,1H2. The highest BCUT2D eigenvalue weighted by Gasteiger charge is 2.34. The van der Waals surface area contributed by atoms with Gasteiger partial charge >= 0.3 is 6.18 Å². The van der Waals surface area contributed by atoms with Gasteiger partial charge in [-0.15, -0.1) is 5.73 Å². The van der Waals surface area contributed by atoms with Crippen LogP contribution in [0.2, 0.25) is 0 Å². The summed E-state index contributed by atoms with van der Waals surface area (Å²) < 4.78 is 36.8. The van der Waals surface area contributed by atoms with Gasteiger partial charge in [-0.25, -0.2) is 0 Å². The van der Waals surface area contributed by atoms with Crippen molar-refractivity contribution in [3.63, 3.8) is 0 Å². The van der Waals surface area contributed by atoms with E-state index in [0.29, 0.717) is 0 Å². The predicted molar refractivity (Wildman–Crippen MR) is 45.0 cm³/mol. The molecule has 0 N–H and O–H groups in total. The van der Waals surface area contributed by atoms with Crippen LogP contribution >= 0.6 is 0 Å². The summed E-state index contributed by atoms with van der Waals surface area (Å²) in [6.07, 6.45) is -4.39. The molecule has 13 heavy (non-hydrogen) atoms. The van der Waals surface area contributed by atoms with Crippen LogP contribution in [0.25, 0.3) is 5.57 Å². The summed E-state index contributed by atoms with van der Waals surface area (Å²) >= 11 is 0. The van der Waals surface area contributed by atoms with E-state index in [0.717, 1.165) is 0 Å². The first kappa shape index (κ1) is 9.62. The fraction of sp³-hybridized carbons (Fsp3) is 0.100. The van der Waals surface area contributed by atoms with E-state index in [1.54, 1.807) is 18.2 Å². The van der Waals surface area contributed by atoms with Gasteiger partial charge in [0.2, 0.25) is 0 Å². The fourth-order valence-electron chi connectivity index (χ4n) is 0.971. The highest BCUT2D eigenvalue weighted by atomic mass is 19.4. The molecule has 0 spiro atoms. The molecule has 0 heterocycles. The van der Waals surface area contributed by atoms with Gasteiger partial charge in [-0.2, -0.15) is 13.2 Å². The Bertz CT molecular complexity index is 329. The number of allylic oxidation sites excluding steroid dienone is 1. The molecule has 0 aliphatic heterocycles. The third-order valence-electron chi connectivity index (χ3n) is 1.52. The second-order valence-corrected chi connectivity index (χ2v) is 2.42. The predicted octanol–water partition coefficient (Wildman–Crippen LogP) is 3.42. The van der Waals surface area contributed by atoms with Crippen molar-refractivity contribution < 1.29 is 13.2 Å². The van der Waals surface area contributed by atoms with Crippen LogP contribution in [0.4, 0.5) is 13.2 Å². The van der Waals surface area contributed by atoms with Crippen molar-refractivity contribution in [1.82, 2.24) is 0 Å². The van der Waals surface area contributed by atoms with Gasteiger partial charge in [0, 0.05) is 0 Å². The molecule has 0 unspecified atom stereocenters. The Balaban J connectivity index is 3.15. The quantitative estimate of drug-likeness (QED) is 0.586. The van der Waals surface area contributed by atoms with Crippen LogP contribution in [0.5, 0.6) is 0 Å². The third-order valence-corrected chi connectivity index (χ3v) is 1.52. The summed E-state index contributed by atoms with van der Waals surface area (Å²) in [6, 6.07) is 7.49.